The summed E-state index contributed by atoms with van der Waals surface area (Å²) in [7, 11) is 0. The Morgan fingerprint density at radius 1 is 0.229 bits per heavy atom. The van der Waals surface area contributed by atoms with E-state index in [1.807, 2.05) is 0 Å². The van der Waals surface area contributed by atoms with Gasteiger partial charge >= 0.3 is 190 Å². The Hall–Kier alpha value is -4.80. The minimum atomic E-state index is -1.41. The van der Waals surface area contributed by atoms with Crippen LogP contribution in [0.15, 0.2) is 0 Å². The Balaban J connectivity index is -0.000000177. The van der Waals surface area contributed by atoms with E-state index in [1.165, 1.54) is 19.6 Å². The van der Waals surface area contributed by atoms with Gasteiger partial charge in [0.1, 0.15) is 0 Å². The van der Waals surface area contributed by atoms with Crippen molar-refractivity contribution in [3.8, 4) is 0 Å². The first-order valence-corrected chi connectivity index (χ1v) is 27.5. The van der Waals surface area contributed by atoms with Crippen molar-refractivity contribution < 1.29 is 275 Å². The maximum atomic E-state index is 11.6. The quantitative estimate of drug-likeness (QED) is 0.0159. The van der Waals surface area contributed by atoms with Gasteiger partial charge in [-0.3, -0.25) is 96.7 Å². The Bertz CT molecular complexity index is 2030. The minimum absolute atomic E-state index is 0. The number of carboxylic acid groups (broad SMARTS) is 12. The monoisotopic (exact) mass is 1420 g/mol. The third-order valence-electron chi connectivity index (χ3n) is 10.1. The Morgan fingerprint density at radius 2 is 0.333 bits per heavy atom. The number of hydrogen-bond donors (Lipinski definition) is 8. The molecule has 0 aromatic carbocycles. The van der Waals surface area contributed by atoms with Gasteiger partial charge in [0.25, 0.3) is 0 Å². The molecule has 0 aromatic heterocycles. The number of nitrogens with zero attached hydrogens (tertiary/aromatic N) is 8. The third kappa shape index (κ3) is 76.6. The number of esters is 4. The molecular formula is C52H84N8Na4O32. The van der Waals surface area contributed by atoms with Crippen LogP contribution in [-0.4, -0.2) is 357 Å². The van der Waals surface area contributed by atoms with Gasteiger partial charge in [-0.1, -0.05) is 0 Å². The summed E-state index contributed by atoms with van der Waals surface area (Å²) in [5.41, 5.74) is 0. The number of hydrogen-bond acceptors (Lipinski definition) is 32. The van der Waals surface area contributed by atoms with E-state index in [4.69, 9.17) is 59.8 Å². The molecule has 0 aliphatic heterocycles. The Morgan fingerprint density at radius 3 is 0.417 bits per heavy atom. The van der Waals surface area contributed by atoms with Crippen LogP contribution < -0.4 is 139 Å². The van der Waals surface area contributed by atoms with Gasteiger partial charge in [0, 0.05) is 78.5 Å². The second-order valence-corrected chi connectivity index (χ2v) is 20.5. The molecule has 0 unspecified atom stereocenters. The van der Waals surface area contributed by atoms with Crippen LogP contribution in [0.25, 0.3) is 0 Å². The van der Waals surface area contributed by atoms with Crippen LogP contribution in [0.5, 0.6) is 0 Å². The normalized spacial score (nSPS) is 10.5. The number of aliphatic carboxylic acids is 12. The molecule has 0 fully saturated rings. The molecule has 0 heterocycles. The fraction of sp³-hybridized carbons (Fsp3) is 0.692. The topological polar surface area (TPSA) is 590 Å². The van der Waals surface area contributed by atoms with Crippen LogP contribution in [0, 0.1) is 0 Å². The van der Waals surface area contributed by atoms with Crippen molar-refractivity contribution in [2.75, 3.05) is 157 Å². The molecule has 8 N–H and O–H groups in total. The molecule has 0 rings (SSSR count). The second kappa shape index (κ2) is 62.5. The molecule has 0 saturated heterocycles. The van der Waals surface area contributed by atoms with Crippen LogP contribution in [-0.2, 0) is 95.7 Å². The number of carbonyl (C=O) groups is 16. The summed E-state index contributed by atoms with van der Waals surface area (Å²) in [5, 5.41) is 113. The number of ether oxygens (including phenoxy) is 4. The molecule has 0 atom stereocenters. The summed E-state index contributed by atoms with van der Waals surface area (Å²) in [6.07, 6.45) is -1.43. The van der Waals surface area contributed by atoms with Crippen molar-refractivity contribution in [3.05, 3.63) is 0 Å². The van der Waals surface area contributed by atoms with Gasteiger partial charge in [0.2, 0.25) is 0 Å². The second-order valence-electron chi connectivity index (χ2n) is 20.5. The Kier molecular flexibility index (Phi) is 69.7. The van der Waals surface area contributed by atoms with E-state index in [-0.39, 0.29) is 221 Å². The average Bonchev–Trinajstić information content (AvgIpc) is 1.20. The summed E-state index contributed by atoms with van der Waals surface area (Å²) in [4.78, 5) is 184. The minimum Gasteiger partial charge on any atom is -0.549 e. The van der Waals surface area contributed by atoms with Gasteiger partial charge < -0.3 is 99.4 Å². The van der Waals surface area contributed by atoms with E-state index < -0.39 is 174 Å². The predicted octanol–water partition coefficient (Wildman–Crippen LogP) is -22.1. The molecule has 0 spiro atoms. The average molecular weight is 1430 g/mol. The van der Waals surface area contributed by atoms with Crippen LogP contribution >= 0.6 is 0 Å². The van der Waals surface area contributed by atoms with Crippen LogP contribution in [0.1, 0.15) is 55.4 Å². The summed E-state index contributed by atoms with van der Waals surface area (Å²) in [6, 6.07) is 0. The van der Waals surface area contributed by atoms with Crippen molar-refractivity contribution in [2.24, 2.45) is 0 Å². The molecule has 0 aliphatic rings. The van der Waals surface area contributed by atoms with Crippen LogP contribution in [0.4, 0.5) is 0 Å². The van der Waals surface area contributed by atoms with E-state index in [0.29, 0.717) is 0 Å². The molecule has 528 valence electrons. The van der Waals surface area contributed by atoms with Crippen molar-refractivity contribution in [1.82, 2.24) is 39.2 Å². The summed E-state index contributed by atoms with van der Waals surface area (Å²) in [6.45, 7) is 5.27. The molecule has 0 aromatic rings. The van der Waals surface area contributed by atoms with Crippen molar-refractivity contribution in [1.29, 1.82) is 0 Å². The van der Waals surface area contributed by atoms with Crippen molar-refractivity contribution in [3.63, 3.8) is 0 Å². The fourth-order valence-corrected chi connectivity index (χ4v) is 7.04. The van der Waals surface area contributed by atoms with E-state index in [1.54, 1.807) is 55.4 Å². The van der Waals surface area contributed by atoms with Crippen LogP contribution in [0.3, 0.4) is 0 Å². The predicted molar refractivity (Wildman–Crippen MR) is 298 cm³/mol. The van der Waals surface area contributed by atoms with E-state index in [9.17, 15) is 97.1 Å². The first-order valence-electron chi connectivity index (χ1n) is 27.5. The molecule has 0 aliphatic carbocycles. The van der Waals surface area contributed by atoms with Crippen molar-refractivity contribution in [2.45, 2.75) is 79.8 Å². The Labute approximate surface area is 641 Å². The molecule has 96 heavy (non-hydrogen) atoms. The van der Waals surface area contributed by atoms with Crippen molar-refractivity contribution >= 4 is 95.5 Å². The maximum Gasteiger partial charge on any atom is 1.00 e. The van der Waals surface area contributed by atoms with Gasteiger partial charge in [-0.25, -0.2) is 0 Å². The first kappa shape index (κ1) is 107. The molecule has 0 radical (unpaired) electrons. The fourth-order valence-electron chi connectivity index (χ4n) is 7.04. The van der Waals surface area contributed by atoms with Crippen LogP contribution in [0.2, 0.25) is 0 Å². The molecule has 44 heteroatoms. The zero-order chi connectivity index (χ0) is 72.0. The van der Waals surface area contributed by atoms with E-state index in [0.717, 1.165) is 19.6 Å². The number of carboxylic acids is 12. The molecule has 0 amide bonds. The third-order valence-corrected chi connectivity index (χ3v) is 10.1. The molecular weight excluding hydrogens is 1340 g/mol. The largest absolute Gasteiger partial charge is 1.00 e. The smallest absolute Gasteiger partial charge is 0.549 e. The zero-order valence-corrected chi connectivity index (χ0v) is 64.2. The SMILES string of the molecule is CC(C)OC(=O)CN(CCN(CC(=O)O)CC(=O)O)CC(=O)[O-].CC(C)OC(=O)CN(CCN(CC(=O)O)CC(=O)O)CC(=O)[O-].CC(C)OC(=O)CN(CCN(CC(=O)O)CC(=O)O)CC(=O)[O-].CC(C)OC(=O)CN(CCN(CC(=O)O)CC(=O)O)CC(=O)[O-].[Na+].[Na+].[Na+].[Na+]. The zero-order valence-electron chi connectivity index (χ0n) is 56.2. The van der Waals surface area contributed by atoms with E-state index >= 15 is 0 Å². The molecule has 0 bridgehead atoms. The van der Waals surface area contributed by atoms with Gasteiger partial charge in [0.05, 0.1) is 127 Å². The van der Waals surface area contributed by atoms with Gasteiger partial charge in [-0.05, 0) is 55.4 Å². The maximum absolute atomic E-state index is 11.6. The molecule has 0 saturated carbocycles. The standard InChI is InChI=1S/4C13H22N2O8.4Na/c4*1-9(2)23-13(22)8-15(7-12(20)21)4-3-14(5-10(16)17)6-11(18)19;;;;/h4*9H,3-8H2,1-2H3,(H,16,17)(H,18,19)(H,20,21);;;;/q;;;;4*+1/p-4. The number of rotatable bonds is 48. The number of carbonyl (C=O) groups excluding carboxylic acids is 8. The van der Waals surface area contributed by atoms with Gasteiger partial charge in [-0.15, -0.1) is 0 Å². The summed E-state index contributed by atoms with van der Waals surface area (Å²) >= 11 is 0. The van der Waals surface area contributed by atoms with E-state index in [2.05, 4.69) is 0 Å². The first-order chi connectivity index (χ1) is 42.4. The summed E-state index contributed by atoms with van der Waals surface area (Å²) in [5.74, 6) is -17.9. The van der Waals surface area contributed by atoms with Gasteiger partial charge in [-0.2, -0.15) is 0 Å². The van der Waals surface area contributed by atoms with Gasteiger partial charge in [0.15, 0.2) is 0 Å². The molecule has 40 nitrogen and oxygen atoms in total. The summed E-state index contributed by atoms with van der Waals surface area (Å²) < 4.78 is 19.6.